The Morgan fingerprint density at radius 2 is 1.68 bits per heavy atom. The highest BCUT2D eigenvalue weighted by atomic mass is 32.2. The maximum atomic E-state index is 12.4. The maximum Gasteiger partial charge on any atom is 0.251 e. The molecule has 0 aliphatic heterocycles. The molecule has 1 unspecified atom stereocenters. The van der Waals surface area contributed by atoms with Crippen molar-refractivity contribution in [2.45, 2.75) is 19.4 Å². The topological polar surface area (TPSA) is 84.5 Å². The van der Waals surface area contributed by atoms with Crippen molar-refractivity contribution in [1.82, 2.24) is 5.32 Å². The van der Waals surface area contributed by atoms with Gasteiger partial charge in [-0.05, 0) is 48.4 Å². The molecule has 0 saturated heterocycles. The number of hydrogen-bond acceptors (Lipinski definition) is 4. The van der Waals surface area contributed by atoms with Crippen LogP contribution >= 0.6 is 0 Å². The zero-order chi connectivity index (χ0) is 18.4. The molecule has 7 heteroatoms. The Balaban J connectivity index is 2.08. The summed E-state index contributed by atoms with van der Waals surface area (Å²) < 4.78 is 29.9. The van der Waals surface area contributed by atoms with Gasteiger partial charge >= 0.3 is 0 Å². The highest BCUT2D eigenvalue weighted by Crippen LogP contribution is 2.21. The van der Waals surface area contributed by atoms with Gasteiger partial charge in [0.15, 0.2) is 0 Å². The molecule has 0 aliphatic carbocycles. The molecule has 0 bridgehead atoms. The van der Waals surface area contributed by atoms with Crippen LogP contribution in [0.5, 0.6) is 5.75 Å². The van der Waals surface area contributed by atoms with E-state index in [2.05, 4.69) is 10.0 Å². The van der Waals surface area contributed by atoms with Crippen molar-refractivity contribution in [3.05, 3.63) is 59.7 Å². The molecule has 0 saturated carbocycles. The molecule has 0 aromatic heterocycles. The molecule has 0 fully saturated rings. The molecule has 134 valence electrons. The summed E-state index contributed by atoms with van der Waals surface area (Å²) in [6.07, 6.45) is 1.82. The number of methoxy groups -OCH3 is 1. The normalized spacial score (nSPS) is 12.3. The predicted molar refractivity (Wildman–Crippen MR) is 98.4 cm³/mol. The lowest BCUT2D eigenvalue weighted by Crippen LogP contribution is -2.28. The number of carbonyl (C=O) groups excluding carboxylic acids is 1. The third kappa shape index (κ3) is 5.49. The van der Waals surface area contributed by atoms with Crippen molar-refractivity contribution < 1.29 is 17.9 Å². The molecule has 1 amide bonds. The maximum absolute atomic E-state index is 12.4. The summed E-state index contributed by atoms with van der Waals surface area (Å²) in [7, 11) is -1.73. The molecular formula is C18H22N2O4S. The number of carbonyl (C=O) groups is 1. The Hall–Kier alpha value is -2.54. The van der Waals surface area contributed by atoms with Crippen LogP contribution in [0.25, 0.3) is 0 Å². The van der Waals surface area contributed by atoms with Gasteiger partial charge in [0, 0.05) is 11.3 Å². The minimum absolute atomic E-state index is 0.118. The van der Waals surface area contributed by atoms with Crippen LogP contribution in [0.3, 0.4) is 0 Å². The van der Waals surface area contributed by atoms with E-state index in [1.54, 1.807) is 31.4 Å². The van der Waals surface area contributed by atoms with Crippen LogP contribution in [0, 0.1) is 0 Å². The summed E-state index contributed by atoms with van der Waals surface area (Å²) in [4.78, 5) is 12.4. The third-order valence-electron chi connectivity index (χ3n) is 3.68. The molecule has 0 aliphatic rings. The van der Waals surface area contributed by atoms with Gasteiger partial charge in [-0.15, -0.1) is 0 Å². The molecule has 2 aromatic rings. The fourth-order valence-corrected chi connectivity index (χ4v) is 2.97. The Labute approximate surface area is 148 Å². The van der Waals surface area contributed by atoms with E-state index in [4.69, 9.17) is 4.74 Å². The monoisotopic (exact) mass is 362 g/mol. The van der Waals surface area contributed by atoms with Crippen molar-refractivity contribution in [1.29, 1.82) is 0 Å². The Morgan fingerprint density at radius 3 is 2.16 bits per heavy atom. The van der Waals surface area contributed by atoms with E-state index < -0.39 is 10.0 Å². The first-order valence-corrected chi connectivity index (χ1v) is 9.74. The van der Waals surface area contributed by atoms with Gasteiger partial charge in [0.25, 0.3) is 5.91 Å². The van der Waals surface area contributed by atoms with Crippen LogP contribution < -0.4 is 14.8 Å². The number of nitrogens with one attached hydrogen (secondary N) is 2. The second-order valence-corrected chi connectivity index (χ2v) is 7.41. The van der Waals surface area contributed by atoms with Crippen LogP contribution in [-0.4, -0.2) is 27.7 Å². The lowest BCUT2D eigenvalue weighted by Gasteiger charge is -2.18. The SMILES string of the molecule is CCC(NC(=O)c1ccc(NS(C)(=O)=O)cc1)c1ccc(OC)cc1. The molecule has 2 N–H and O–H groups in total. The van der Waals surface area contributed by atoms with E-state index in [-0.39, 0.29) is 11.9 Å². The molecule has 2 aromatic carbocycles. The smallest absolute Gasteiger partial charge is 0.251 e. The fourth-order valence-electron chi connectivity index (χ4n) is 2.40. The molecule has 6 nitrogen and oxygen atoms in total. The summed E-state index contributed by atoms with van der Waals surface area (Å²) in [6, 6.07) is 13.7. The van der Waals surface area contributed by atoms with Crippen LogP contribution in [0.15, 0.2) is 48.5 Å². The van der Waals surface area contributed by atoms with Crippen molar-refractivity contribution in [2.24, 2.45) is 0 Å². The molecule has 25 heavy (non-hydrogen) atoms. The zero-order valence-electron chi connectivity index (χ0n) is 14.4. The van der Waals surface area contributed by atoms with Gasteiger partial charge in [-0.25, -0.2) is 8.42 Å². The van der Waals surface area contributed by atoms with E-state index in [1.165, 1.54) is 0 Å². The molecule has 0 radical (unpaired) electrons. The largest absolute Gasteiger partial charge is 0.497 e. The summed E-state index contributed by atoms with van der Waals surface area (Å²) in [5, 5.41) is 2.99. The lowest BCUT2D eigenvalue weighted by molar-refractivity contribution is 0.0935. The van der Waals surface area contributed by atoms with Crippen LogP contribution in [0.4, 0.5) is 5.69 Å². The standard InChI is InChI=1S/C18H22N2O4S/c1-4-17(13-7-11-16(24-2)12-8-13)19-18(21)14-5-9-15(10-6-14)20-25(3,22)23/h5-12,17,20H,4H2,1-3H3,(H,19,21). The van der Waals surface area contributed by atoms with E-state index in [9.17, 15) is 13.2 Å². The third-order valence-corrected chi connectivity index (χ3v) is 4.29. The van der Waals surface area contributed by atoms with E-state index in [1.807, 2.05) is 31.2 Å². The van der Waals surface area contributed by atoms with Gasteiger partial charge in [0.2, 0.25) is 10.0 Å². The number of ether oxygens (including phenoxy) is 1. The highest BCUT2D eigenvalue weighted by molar-refractivity contribution is 7.92. The second kappa shape index (κ2) is 8.02. The minimum Gasteiger partial charge on any atom is -0.497 e. The zero-order valence-corrected chi connectivity index (χ0v) is 15.3. The number of amides is 1. The Bertz CT molecular complexity index is 815. The van der Waals surface area contributed by atoms with Crippen LogP contribution in [0.2, 0.25) is 0 Å². The number of anilines is 1. The Kier molecular flexibility index (Phi) is 6.03. The fraction of sp³-hybridized carbons (Fsp3) is 0.278. The summed E-state index contributed by atoms with van der Waals surface area (Å²) in [5.41, 5.74) is 1.87. The van der Waals surface area contributed by atoms with E-state index in [0.717, 1.165) is 24.0 Å². The van der Waals surface area contributed by atoms with Crippen molar-refractivity contribution in [3.8, 4) is 5.75 Å². The van der Waals surface area contributed by atoms with Crippen LogP contribution in [0.1, 0.15) is 35.3 Å². The molecule has 1 atom stereocenters. The molecular weight excluding hydrogens is 340 g/mol. The number of rotatable bonds is 7. The van der Waals surface area contributed by atoms with Gasteiger partial charge in [0.1, 0.15) is 5.75 Å². The molecule has 0 spiro atoms. The van der Waals surface area contributed by atoms with Crippen molar-refractivity contribution >= 4 is 21.6 Å². The first-order valence-electron chi connectivity index (χ1n) is 7.85. The summed E-state index contributed by atoms with van der Waals surface area (Å²) >= 11 is 0. The summed E-state index contributed by atoms with van der Waals surface area (Å²) in [5.74, 6) is 0.549. The van der Waals surface area contributed by atoms with E-state index in [0.29, 0.717) is 11.3 Å². The number of hydrogen-bond donors (Lipinski definition) is 2. The first-order chi connectivity index (χ1) is 11.8. The predicted octanol–water partition coefficient (Wildman–Crippen LogP) is 2.95. The van der Waals surface area contributed by atoms with Gasteiger partial charge < -0.3 is 10.1 Å². The average Bonchev–Trinajstić information content (AvgIpc) is 2.59. The van der Waals surface area contributed by atoms with E-state index >= 15 is 0 Å². The minimum atomic E-state index is -3.34. The highest BCUT2D eigenvalue weighted by Gasteiger charge is 2.14. The second-order valence-electron chi connectivity index (χ2n) is 5.66. The molecule has 2 rings (SSSR count). The van der Waals surface area contributed by atoms with Gasteiger partial charge in [0.05, 0.1) is 19.4 Å². The average molecular weight is 362 g/mol. The number of benzene rings is 2. The first kappa shape index (κ1) is 18.8. The Morgan fingerprint density at radius 1 is 1.08 bits per heavy atom. The van der Waals surface area contributed by atoms with Crippen LogP contribution in [-0.2, 0) is 10.0 Å². The van der Waals surface area contributed by atoms with Gasteiger partial charge in [-0.3, -0.25) is 9.52 Å². The van der Waals surface area contributed by atoms with Crippen molar-refractivity contribution in [2.75, 3.05) is 18.1 Å². The lowest BCUT2D eigenvalue weighted by atomic mass is 10.0. The molecule has 0 heterocycles. The van der Waals surface area contributed by atoms with Gasteiger partial charge in [-0.1, -0.05) is 19.1 Å². The summed E-state index contributed by atoms with van der Waals surface area (Å²) in [6.45, 7) is 1.99. The quantitative estimate of drug-likeness (QED) is 0.793. The van der Waals surface area contributed by atoms with Gasteiger partial charge in [-0.2, -0.15) is 0 Å². The number of sulfonamides is 1. The van der Waals surface area contributed by atoms with Crippen molar-refractivity contribution in [3.63, 3.8) is 0 Å².